The minimum Gasteiger partial charge on any atom is -0.494 e. The quantitative estimate of drug-likeness (QED) is 0.797. The maximum absolute atomic E-state index is 5.83. The van der Waals surface area contributed by atoms with Crippen molar-refractivity contribution < 1.29 is 4.74 Å². The highest BCUT2D eigenvalue weighted by atomic mass is 16.5. The van der Waals surface area contributed by atoms with Gasteiger partial charge in [-0.05, 0) is 43.6 Å². The number of nitrogens with one attached hydrogen (secondary N) is 1. The van der Waals surface area contributed by atoms with Crippen molar-refractivity contribution in [3.05, 3.63) is 29.8 Å². The summed E-state index contributed by atoms with van der Waals surface area (Å²) >= 11 is 0. The summed E-state index contributed by atoms with van der Waals surface area (Å²) < 4.78 is 5.44. The van der Waals surface area contributed by atoms with Crippen LogP contribution in [0, 0.1) is 5.41 Å². The zero-order chi connectivity index (χ0) is 12.9. The lowest BCUT2D eigenvalue weighted by Crippen LogP contribution is -2.37. The fourth-order valence-electron chi connectivity index (χ4n) is 2.05. The lowest BCUT2D eigenvalue weighted by Gasteiger charge is -2.33. The molecule has 0 fully saturated rings. The monoisotopic (exact) mass is 236 g/mol. The predicted octanol–water partition coefficient (Wildman–Crippen LogP) is 2.33. The van der Waals surface area contributed by atoms with Crippen molar-refractivity contribution in [2.45, 2.75) is 26.8 Å². The molecule has 3 N–H and O–H groups in total. The molecule has 96 valence electrons. The Hall–Kier alpha value is -1.06. The summed E-state index contributed by atoms with van der Waals surface area (Å²) in [6.07, 6.45) is 0. The van der Waals surface area contributed by atoms with Crippen LogP contribution in [-0.2, 0) is 0 Å². The van der Waals surface area contributed by atoms with Gasteiger partial charge >= 0.3 is 0 Å². The Labute approximate surface area is 104 Å². The molecule has 0 amide bonds. The van der Waals surface area contributed by atoms with Crippen molar-refractivity contribution >= 4 is 0 Å². The van der Waals surface area contributed by atoms with E-state index in [0.29, 0.717) is 13.2 Å². The van der Waals surface area contributed by atoms with Gasteiger partial charge in [0.25, 0.3) is 0 Å². The fraction of sp³-hybridized carbons (Fsp3) is 0.571. The molecule has 1 aromatic rings. The van der Waals surface area contributed by atoms with Crippen LogP contribution in [0.15, 0.2) is 24.3 Å². The largest absolute Gasteiger partial charge is 0.494 e. The highest BCUT2D eigenvalue weighted by molar-refractivity contribution is 5.30. The fourth-order valence-corrected chi connectivity index (χ4v) is 2.05. The van der Waals surface area contributed by atoms with Gasteiger partial charge in [0, 0.05) is 6.04 Å². The van der Waals surface area contributed by atoms with Gasteiger partial charge in [0.2, 0.25) is 0 Å². The zero-order valence-electron chi connectivity index (χ0n) is 11.3. The van der Waals surface area contributed by atoms with Crippen LogP contribution in [0.5, 0.6) is 5.75 Å². The van der Waals surface area contributed by atoms with Gasteiger partial charge in [0.05, 0.1) is 6.61 Å². The maximum Gasteiger partial charge on any atom is 0.119 e. The first-order chi connectivity index (χ1) is 8.05. The molecular formula is C14H24N2O. The van der Waals surface area contributed by atoms with Crippen LogP contribution in [0.25, 0.3) is 0 Å². The molecule has 3 nitrogen and oxygen atoms in total. The Bertz CT molecular complexity index is 333. The van der Waals surface area contributed by atoms with Crippen LogP contribution >= 0.6 is 0 Å². The first-order valence-electron chi connectivity index (χ1n) is 6.15. The average Bonchev–Trinajstić information content (AvgIpc) is 2.32. The predicted molar refractivity (Wildman–Crippen MR) is 72.2 cm³/mol. The second kappa shape index (κ2) is 6.03. The molecule has 0 radical (unpaired) electrons. The summed E-state index contributed by atoms with van der Waals surface area (Å²) in [5, 5.41) is 3.34. The molecule has 0 aliphatic rings. The summed E-state index contributed by atoms with van der Waals surface area (Å²) in [7, 11) is 1.97. The Kier molecular flexibility index (Phi) is 4.97. The van der Waals surface area contributed by atoms with E-state index >= 15 is 0 Å². The number of rotatable bonds is 6. The molecule has 1 rings (SSSR count). The highest BCUT2D eigenvalue weighted by Gasteiger charge is 2.28. The smallest absolute Gasteiger partial charge is 0.119 e. The second-order valence-electron chi connectivity index (χ2n) is 4.92. The molecule has 0 spiro atoms. The van der Waals surface area contributed by atoms with Gasteiger partial charge in [-0.15, -0.1) is 0 Å². The lowest BCUT2D eigenvalue weighted by molar-refractivity contribution is 0.265. The number of benzene rings is 1. The number of nitrogens with two attached hydrogens (primary N) is 1. The molecule has 0 saturated heterocycles. The van der Waals surface area contributed by atoms with Gasteiger partial charge in [0.15, 0.2) is 0 Å². The molecule has 0 aliphatic carbocycles. The Morgan fingerprint density at radius 1 is 1.29 bits per heavy atom. The van der Waals surface area contributed by atoms with Gasteiger partial charge in [-0.25, -0.2) is 0 Å². The van der Waals surface area contributed by atoms with Gasteiger partial charge in [-0.1, -0.05) is 26.0 Å². The van der Waals surface area contributed by atoms with Gasteiger partial charge in [-0.2, -0.15) is 0 Å². The van der Waals surface area contributed by atoms with Crippen molar-refractivity contribution in [2.75, 3.05) is 20.2 Å². The molecule has 0 aromatic heterocycles. The van der Waals surface area contributed by atoms with E-state index in [-0.39, 0.29) is 11.5 Å². The Morgan fingerprint density at radius 2 is 1.88 bits per heavy atom. The van der Waals surface area contributed by atoms with Crippen LogP contribution in [-0.4, -0.2) is 20.2 Å². The SMILES string of the molecule is CCOc1ccc(C(NC)C(C)(C)CN)cc1. The summed E-state index contributed by atoms with van der Waals surface area (Å²) in [5.74, 6) is 0.914. The first-order valence-corrected chi connectivity index (χ1v) is 6.15. The summed E-state index contributed by atoms with van der Waals surface area (Å²) in [6.45, 7) is 7.67. The number of hydrogen-bond acceptors (Lipinski definition) is 3. The Balaban J connectivity index is 2.89. The maximum atomic E-state index is 5.83. The second-order valence-corrected chi connectivity index (χ2v) is 4.92. The van der Waals surface area contributed by atoms with Gasteiger partial charge < -0.3 is 15.8 Å². The lowest BCUT2D eigenvalue weighted by atomic mass is 9.80. The number of ether oxygens (including phenoxy) is 1. The highest BCUT2D eigenvalue weighted by Crippen LogP contribution is 2.32. The number of hydrogen-bond donors (Lipinski definition) is 2. The molecule has 1 atom stereocenters. The van der Waals surface area contributed by atoms with E-state index in [1.54, 1.807) is 0 Å². The third kappa shape index (κ3) is 3.45. The zero-order valence-corrected chi connectivity index (χ0v) is 11.3. The van der Waals surface area contributed by atoms with Crippen molar-refractivity contribution in [1.82, 2.24) is 5.32 Å². The molecule has 3 heteroatoms. The normalized spacial score (nSPS) is 13.5. The van der Waals surface area contributed by atoms with Gasteiger partial charge in [-0.3, -0.25) is 0 Å². The van der Waals surface area contributed by atoms with Crippen LogP contribution in [0.4, 0.5) is 0 Å². The van der Waals surface area contributed by atoms with Crippen LogP contribution in [0.2, 0.25) is 0 Å². The average molecular weight is 236 g/mol. The molecular weight excluding hydrogens is 212 g/mol. The molecule has 1 unspecified atom stereocenters. The van der Waals surface area contributed by atoms with Crippen molar-refractivity contribution in [1.29, 1.82) is 0 Å². The molecule has 0 heterocycles. The third-order valence-electron chi connectivity index (χ3n) is 3.12. The molecule has 1 aromatic carbocycles. The summed E-state index contributed by atoms with van der Waals surface area (Å²) in [6, 6.07) is 8.47. The van der Waals surface area contributed by atoms with E-state index < -0.39 is 0 Å². The summed E-state index contributed by atoms with van der Waals surface area (Å²) in [4.78, 5) is 0. The van der Waals surface area contributed by atoms with Crippen LogP contribution < -0.4 is 15.8 Å². The first kappa shape index (κ1) is 14.0. The standard InChI is InChI=1S/C14H24N2O/c1-5-17-12-8-6-11(7-9-12)13(16-4)14(2,3)10-15/h6-9,13,16H,5,10,15H2,1-4H3. The van der Waals surface area contributed by atoms with Crippen molar-refractivity contribution in [3.63, 3.8) is 0 Å². The molecule has 0 saturated carbocycles. The van der Waals surface area contributed by atoms with Gasteiger partial charge in [0.1, 0.15) is 5.75 Å². The van der Waals surface area contributed by atoms with Crippen molar-refractivity contribution in [2.24, 2.45) is 11.1 Å². The minimum absolute atomic E-state index is 0.0296. The Morgan fingerprint density at radius 3 is 2.29 bits per heavy atom. The van der Waals surface area contributed by atoms with E-state index in [4.69, 9.17) is 10.5 Å². The van der Waals surface area contributed by atoms with E-state index in [1.807, 2.05) is 26.1 Å². The van der Waals surface area contributed by atoms with Crippen molar-refractivity contribution in [3.8, 4) is 5.75 Å². The van der Waals surface area contributed by atoms with E-state index in [1.165, 1.54) is 5.56 Å². The van der Waals surface area contributed by atoms with E-state index in [2.05, 4.69) is 31.3 Å². The van der Waals surface area contributed by atoms with Crippen LogP contribution in [0.3, 0.4) is 0 Å². The molecule has 0 bridgehead atoms. The van der Waals surface area contributed by atoms with Crippen LogP contribution in [0.1, 0.15) is 32.4 Å². The topological polar surface area (TPSA) is 47.3 Å². The molecule has 0 aliphatic heterocycles. The molecule has 17 heavy (non-hydrogen) atoms. The van der Waals surface area contributed by atoms with E-state index in [9.17, 15) is 0 Å². The van der Waals surface area contributed by atoms with E-state index in [0.717, 1.165) is 5.75 Å². The minimum atomic E-state index is 0.0296. The summed E-state index contributed by atoms with van der Waals surface area (Å²) in [5.41, 5.74) is 7.10. The third-order valence-corrected chi connectivity index (χ3v) is 3.12.